The van der Waals surface area contributed by atoms with Crippen LogP contribution in [-0.4, -0.2) is 58.9 Å². The first kappa shape index (κ1) is 20.0. The van der Waals surface area contributed by atoms with Gasteiger partial charge in [-0.2, -0.15) is 10.6 Å². The summed E-state index contributed by atoms with van der Waals surface area (Å²) in [5.74, 6) is 1.18. The van der Waals surface area contributed by atoms with Crippen molar-refractivity contribution < 1.29 is 13.9 Å². The van der Waals surface area contributed by atoms with Gasteiger partial charge in [0, 0.05) is 31.2 Å². The van der Waals surface area contributed by atoms with Crippen molar-refractivity contribution >= 4 is 38.7 Å². The van der Waals surface area contributed by atoms with Gasteiger partial charge in [0.1, 0.15) is 5.82 Å². The Morgan fingerprint density at radius 3 is 2.61 bits per heavy atom. The van der Waals surface area contributed by atoms with E-state index in [1.807, 2.05) is 54.7 Å². The summed E-state index contributed by atoms with van der Waals surface area (Å²) < 4.78 is 21.5. The molecule has 31 heavy (non-hydrogen) atoms. The van der Waals surface area contributed by atoms with Gasteiger partial charge in [-0.05, 0) is 30.3 Å². The number of carbonyl (C=O) groups excluding carboxylic acids is 1. The zero-order chi connectivity index (χ0) is 21.4. The average Bonchev–Trinajstić information content (AvgIpc) is 3.14. The van der Waals surface area contributed by atoms with Crippen molar-refractivity contribution in [2.24, 2.45) is 0 Å². The van der Waals surface area contributed by atoms with Crippen molar-refractivity contribution in [1.82, 2.24) is 19.3 Å². The van der Waals surface area contributed by atoms with Crippen LogP contribution in [0.4, 0.5) is 5.82 Å². The molecule has 0 aliphatic carbocycles. The number of hydrogen-bond acceptors (Lipinski definition) is 6. The molecule has 1 amide bonds. The monoisotopic (exact) mass is 437 g/mol. The van der Waals surface area contributed by atoms with Gasteiger partial charge in [-0.3, -0.25) is 23.2 Å². The normalized spacial score (nSPS) is 17.6. The van der Waals surface area contributed by atoms with Gasteiger partial charge in [0.15, 0.2) is 0 Å². The summed E-state index contributed by atoms with van der Waals surface area (Å²) in [4.78, 5) is 24.3. The standard InChI is InChI=1S/C22H23N5O3S/c28-22(25-20-9-8-16-5-1-2-6-17(16)23-20)21-24-18(19-7-3-4-10-27(19)21)15-26-11-13-31(29,30)14-12-26/h1-10,29-30H,11-15H2,(H,23,25,28). The van der Waals surface area contributed by atoms with E-state index in [1.54, 1.807) is 10.5 Å². The van der Waals surface area contributed by atoms with Crippen molar-refractivity contribution in [3.63, 3.8) is 0 Å². The number of benzene rings is 1. The molecule has 5 rings (SSSR count). The maximum atomic E-state index is 13.0. The van der Waals surface area contributed by atoms with E-state index in [9.17, 15) is 13.9 Å². The lowest BCUT2D eigenvalue weighted by molar-refractivity contribution is 0.101. The fraction of sp³-hybridized carbons (Fsp3) is 0.227. The fourth-order valence-electron chi connectivity index (χ4n) is 3.82. The number of nitrogens with zero attached hydrogens (tertiary/aromatic N) is 4. The maximum Gasteiger partial charge on any atom is 0.293 e. The van der Waals surface area contributed by atoms with Gasteiger partial charge in [-0.25, -0.2) is 9.97 Å². The van der Waals surface area contributed by atoms with Crippen LogP contribution in [0.25, 0.3) is 16.4 Å². The molecule has 1 aliphatic rings. The molecule has 1 aromatic carbocycles. The molecule has 0 unspecified atom stereocenters. The number of carbonyl (C=O) groups is 1. The maximum absolute atomic E-state index is 13.0. The number of amides is 1. The van der Waals surface area contributed by atoms with Gasteiger partial charge in [-0.15, -0.1) is 0 Å². The lowest BCUT2D eigenvalue weighted by atomic mass is 10.2. The smallest absolute Gasteiger partial charge is 0.293 e. The lowest BCUT2D eigenvalue weighted by Gasteiger charge is -2.40. The molecule has 3 aromatic heterocycles. The number of nitrogens with one attached hydrogen (secondary N) is 1. The molecule has 1 aliphatic heterocycles. The van der Waals surface area contributed by atoms with E-state index < -0.39 is 10.6 Å². The third-order valence-corrected chi connectivity index (χ3v) is 7.18. The van der Waals surface area contributed by atoms with Gasteiger partial charge < -0.3 is 5.32 Å². The highest BCUT2D eigenvalue weighted by Crippen LogP contribution is 2.40. The molecule has 9 heteroatoms. The van der Waals surface area contributed by atoms with E-state index in [0.29, 0.717) is 42.8 Å². The molecule has 1 saturated heterocycles. The highest BCUT2D eigenvalue weighted by Gasteiger charge is 2.24. The Balaban J connectivity index is 1.40. The summed E-state index contributed by atoms with van der Waals surface area (Å²) in [5.41, 5.74) is 2.46. The zero-order valence-electron chi connectivity index (χ0n) is 16.8. The Hall–Kier alpha value is -2.98. The molecule has 160 valence electrons. The number of fused-ring (bicyclic) bond motifs is 2. The van der Waals surface area contributed by atoms with Crippen LogP contribution in [0.5, 0.6) is 0 Å². The van der Waals surface area contributed by atoms with Gasteiger partial charge in [-0.1, -0.05) is 24.3 Å². The van der Waals surface area contributed by atoms with E-state index >= 15 is 0 Å². The number of para-hydroxylation sites is 1. The first-order valence-electron chi connectivity index (χ1n) is 10.1. The molecule has 0 saturated carbocycles. The van der Waals surface area contributed by atoms with Gasteiger partial charge >= 0.3 is 0 Å². The third-order valence-electron chi connectivity index (χ3n) is 5.51. The highest BCUT2D eigenvalue weighted by molar-refractivity contribution is 8.24. The minimum Gasteiger partial charge on any atom is -0.304 e. The number of imidazole rings is 1. The van der Waals surface area contributed by atoms with E-state index in [-0.39, 0.29) is 5.91 Å². The highest BCUT2D eigenvalue weighted by atomic mass is 32.3. The molecule has 8 nitrogen and oxygen atoms in total. The molecule has 0 spiro atoms. The molecular formula is C22H23N5O3S. The van der Waals surface area contributed by atoms with E-state index in [2.05, 4.69) is 20.2 Å². The zero-order valence-corrected chi connectivity index (χ0v) is 17.6. The van der Waals surface area contributed by atoms with Gasteiger partial charge in [0.2, 0.25) is 5.82 Å². The van der Waals surface area contributed by atoms with Crippen LogP contribution in [0.2, 0.25) is 0 Å². The SMILES string of the molecule is O=C(Nc1ccc2ccccc2n1)c1nc(CN2CCS(O)(O)CC2)c2ccccn12. The second-order valence-corrected chi connectivity index (χ2v) is 10.1. The number of hydrogen-bond donors (Lipinski definition) is 3. The van der Waals surface area contributed by atoms with Crippen molar-refractivity contribution in [3.8, 4) is 0 Å². The lowest BCUT2D eigenvalue weighted by Crippen LogP contribution is -2.37. The largest absolute Gasteiger partial charge is 0.304 e. The number of pyridine rings is 2. The van der Waals surface area contributed by atoms with Crippen LogP contribution in [0.15, 0.2) is 60.8 Å². The topological polar surface area (TPSA) is 103 Å². The van der Waals surface area contributed by atoms with Crippen LogP contribution in [0.3, 0.4) is 0 Å². The summed E-state index contributed by atoms with van der Waals surface area (Å²) >= 11 is 0. The second-order valence-electron chi connectivity index (χ2n) is 7.67. The fourth-order valence-corrected chi connectivity index (χ4v) is 5.13. The quantitative estimate of drug-likeness (QED) is 0.450. The summed E-state index contributed by atoms with van der Waals surface area (Å²) in [6.07, 6.45) is 1.82. The third kappa shape index (κ3) is 4.13. The van der Waals surface area contributed by atoms with Crippen LogP contribution in [0.1, 0.15) is 16.3 Å². The molecular weight excluding hydrogens is 414 g/mol. The summed E-state index contributed by atoms with van der Waals surface area (Å²) in [7, 11) is -2.45. The predicted octanol–water partition coefficient (Wildman–Crippen LogP) is 3.70. The average molecular weight is 438 g/mol. The van der Waals surface area contributed by atoms with Crippen molar-refractivity contribution in [3.05, 3.63) is 72.3 Å². The van der Waals surface area contributed by atoms with Crippen LogP contribution < -0.4 is 5.32 Å². The molecule has 4 aromatic rings. The van der Waals surface area contributed by atoms with Crippen LogP contribution >= 0.6 is 10.6 Å². The second kappa shape index (κ2) is 7.93. The number of rotatable bonds is 4. The minimum absolute atomic E-state index is 0.293. The molecule has 0 atom stereocenters. The Labute approximate surface area is 180 Å². The predicted molar refractivity (Wildman–Crippen MR) is 123 cm³/mol. The van der Waals surface area contributed by atoms with Gasteiger partial charge in [0.05, 0.1) is 28.2 Å². The van der Waals surface area contributed by atoms with Crippen molar-refractivity contribution in [1.29, 1.82) is 0 Å². The number of anilines is 1. The van der Waals surface area contributed by atoms with Crippen molar-refractivity contribution in [2.45, 2.75) is 6.54 Å². The number of aromatic nitrogens is 3. The van der Waals surface area contributed by atoms with E-state index in [1.165, 1.54) is 0 Å². The van der Waals surface area contributed by atoms with E-state index in [0.717, 1.165) is 22.1 Å². The summed E-state index contributed by atoms with van der Waals surface area (Å²) in [6, 6.07) is 17.2. The molecule has 4 heterocycles. The van der Waals surface area contributed by atoms with Crippen LogP contribution in [-0.2, 0) is 6.54 Å². The Morgan fingerprint density at radius 2 is 1.77 bits per heavy atom. The van der Waals surface area contributed by atoms with Crippen molar-refractivity contribution in [2.75, 3.05) is 29.9 Å². The molecule has 3 N–H and O–H groups in total. The minimum atomic E-state index is -2.45. The Bertz CT molecular complexity index is 1260. The summed E-state index contributed by atoms with van der Waals surface area (Å²) in [6.45, 7) is 1.73. The Morgan fingerprint density at radius 1 is 1.00 bits per heavy atom. The van der Waals surface area contributed by atoms with Crippen LogP contribution in [0, 0.1) is 0 Å². The molecule has 1 fully saturated rings. The van der Waals surface area contributed by atoms with E-state index in [4.69, 9.17) is 0 Å². The molecule has 0 bridgehead atoms. The Kier molecular flexibility index (Phi) is 5.11. The summed E-state index contributed by atoms with van der Waals surface area (Å²) in [5, 5.41) is 3.87. The van der Waals surface area contributed by atoms with Gasteiger partial charge in [0.25, 0.3) is 5.91 Å². The first-order valence-corrected chi connectivity index (χ1v) is 12.0. The first-order chi connectivity index (χ1) is 15.0. The molecule has 0 radical (unpaired) electrons.